The molecule has 0 aromatic heterocycles. The largest absolute Gasteiger partial charge is 0.204 e. The van der Waals surface area contributed by atoms with Gasteiger partial charge in [-0.05, 0) is 18.1 Å². The van der Waals surface area contributed by atoms with E-state index < -0.39 is 23.3 Å². The predicted octanol–water partition coefficient (Wildman–Crippen LogP) is 2.97. The third-order valence-electron chi connectivity index (χ3n) is 1.54. The van der Waals surface area contributed by atoms with Gasteiger partial charge in [0.05, 0.1) is 0 Å². The molecule has 0 nitrogen and oxygen atoms in total. The smallest absolute Gasteiger partial charge is 0.197 e. The molecule has 0 saturated carbocycles. The fraction of sp³-hybridized carbons (Fsp3) is 0.111. The van der Waals surface area contributed by atoms with Crippen LogP contribution in [0.25, 0.3) is 0 Å². The molecule has 13 heavy (non-hydrogen) atoms. The van der Waals surface area contributed by atoms with Crippen molar-refractivity contribution >= 4 is 0 Å². The van der Waals surface area contributed by atoms with Gasteiger partial charge in [-0.2, -0.15) is 0 Å². The van der Waals surface area contributed by atoms with Crippen molar-refractivity contribution in [1.29, 1.82) is 0 Å². The van der Waals surface area contributed by atoms with Crippen LogP contribution in [0.5, 0.6) is 0 Å². The van der Waals surface area contributed by atoms with Crippen LogP contribution in [0.3, 0.4) is 0 Å². The molecule has 4 heteroatoms. The second-order valence-electron chi connectivity index (χ2n) is 2.45. The highest BCUT2D eigenvalue weighted by atomic mass is 19.2. The normalized spacial score (nSPS) is 10.2. The lowest BCUT2D eigenvalue weighted by atomic mass is 10.1. The van der Waals surface area contributed by atoms with Crippen molar-refractivity contribution in [2.24, 2.45) is 0 Å². The SMILES string of the molecule is C=CCc1cc(F)c(F)c(F)c1F. The summed E-state index contributed by atoms with van der Waals surface area (Å²) >= 11 is 0. The average molecular weight is 190 g/mol. The summed E-state index contributed by atoms with van der Waals surface area (Å²) in [6, 6.07) is 0.620. The molecule has 0 amide bonds. The third-order valence-corrected chi connectivity index (χ3v) is 1.54. The molecule has 1 aromatic carbocycles. The molecular weight excluding hydrogens is 184 g/mol. The van der Waals surface area contributed by atoms with Crippen LogP contribution < -0.4 is 0 Å². The standard InChI is InChI=1S/C9H6F4/c1-2-3-5-4-6(10)8(12)9(13)7(5)11/h2,4H,1,3H2. The summed E-state index contributed by atoms with van der Waals surface area (Å²) in [5, 5.41) is 0. The lowest BCUT2D eigenvalue weighted by Gasteiger charge is -2.02. The Morgan fingerprint density at radius 3 is 2.23 bits per heavy atom. The lowest BCUT2D eigenvalue weighted by Crippen LogP contribution is -2.00. The van der Waals surface area contributed by atoms with Gasteiger partial charge in [0, 0.05) is 0 Å². The van der Waals surface area contributed by atoms with Gasteiger partial charge in [0.2, 0.25) is 0 Å². The number of halogens is 4. The summed E-state index contributed by atoms with van der Waals surface area (Å²) in [6.07, 6.45) is 1.23. The van der Waals surface area contributed by atoms with Crippen LogP contribution in [-0.2, 0) is 6.42 Å². The minimum absolute atomic E-state index is 0.0417. The Morgan fingerprint density at radius 1 is 1.08 bits per heavy atom. The van der Waals surface area contributed by atoms with Crippen LogP contribution in [0.15, 0.2) is 18.7 Å². The Hall–Kier alpha value is -1.32. The maximum absolute atomic E-state index is 12.8. The van der Waals surface area contributed by atoms with Crippen LogP contribution in [0.4, 0.5) is 17.6 Å². The van der Waals surface area contributed by atoms with Gasteiger partial charge in [0.1, 0.15) is 0 Å². The van der Waals surface area contributed by atoms with Crippen LogP contribution in [0, 0.1) is 23.3 Å². The molecule has 0 bridgehead atoms. The maximum atomic E-state index is 12.8. The first-order chi connectivity index (χ1) is 6.07. The number of benzene rings is 1. The van der Waals surface area contributed by atoms with Crippen molar-refractivity contribution in [2.45, 2.75) is 6.42 Å². The fourth-order valence-electron chi connectivity index (χ4n) is 0.926. The first-order valence-corrected chi connectivity index (χ1v) is 3.50. The monoisotopic (exact) mass is 190 g/mol. The molecule has 0 aliphatic carbocycles. The molecule has 0 aliphatic rings. The Bertz CT molecular complexity index is 344. The molecule has 0 N–H and O–H groups in total. The maximum Gasteiger partial charge on any atom is 0.197 e. The van der Waals surface area contributed by atoms with Crippen molar-refractivity contribution < 1.29 is 17.6 Å². The summed E-state index contributed by atoms with van der Waals surface area (Å²) in [7, 11) is 0. The van der Waals surface area contributed by atoms with Crippen LogP contribution >= 0.6 is 0 Å². The molecule has 0 spiro atoms. The Labute approximate surface area is 72.5 Å². The van der Waals surface area contributed by atoms with Gasteiger partial charge in [0.25, 0.3) is 0 Å². The summed E-state index contributed by atoms with van der Waals surface area (Å²) in [5.41, 5.74) is -0.244. The second-order valence-corrected chi connectivity index (χ2v) is 2.45. The van der Waals surface area contributed by atoms with Crippen LogP contribution in [0.1, 0.15) is 5.56 Å². The molecule has 1 rings (SSSR count). The van der Waals surface area contributed by atoms with E-state index >= 15 is 0 Å². The highest BCUT2D eigenvalue weighted by Gasteiger charge is 2.17. The van der Waals surface area contributed by atoms with Crippen molar-refractivity contribution in [3.63, 3.8) is 0 Å². The van der Waals surface area contributed by atoms with Crippen molar-refractivity contribution in [1.82, 2.24) is 0 Å². The molecule has 0 heterocycles. The zero-order valence-electron chi connectivity index (χ0n) is 6.58. The summed E-state index contributed by atoms with van der Waals surface area (Å²) in [4.78, 5) is 0. The van der Waals surface area contributed by atoms with Crippen LogP contribution in [0.2, 0.25) is 0 Å². The third kappa shape index (κ3) is 1.71. The molecule has 0 saturated heterocycles. The van der Waals surface area contributed by atoms with Crippen LogP contribution in [-0.4, -0.2) is 0 Å². The number of rotatable bonds is 2. The van der Waals surface area contributed by atoms with Crippen molar-refractivity contribution in [3.8, 4) is 0 Å². The molecule has 0 aliphatic heterocycles. The predicted molar refractivity (Wildman–Crippen MR) is 40.2 cm³/mol. The summed E-state index contributed by atoms with van der Waals surface area (Å²) < 4.78 is 50.3. The van der Waals surface area contributed by atoms with Gasteiger partial charge in [0.15, 0.2) is 23.3 Å². The zero-order valence-corrected chi connectivity index (χ0v) is 6.58. The number of hydrogen-bond donors (Lipinski definition) is 0. The summed E-state index contributed by atoms with van der Waals surface area (Å²) in [6.45, 7) is 3.27. The van der Waals surface area contributed by atoms with Gasteiger partial charge in [-0.3, -0.25) is 0 Å². The van der Waals surface area contributed by atoms with Crippen molar-refractivity contribution in [2.75, 3.05) is 0 Å². The van der Waals surface area contributed by atoms with Gasteiger partial charge >= 0.3 is 0 Å². The van der Waals surface area contributed by atoms with E-state index in [-0.39, 0.29) is 12.0 Å². The van der Waals surface area contributed by atoms with Gasteiger partial charge in [-0.15, -0.1) is 6.58 Å². The van der Waals surface area contributed by atoms with E-state index in [1.165, 1.54) is 6.08 Å². The first-order valence-electron chi connectivity index (χ1n) is 3.50. The molecule has 0 fully saturated rings. The topological polar surface area (TPSA) is 0 Å². The number of hydrogen-bond acceptors (Lipinski definition) is 0. The van der Waals surface area contributed by atoms with E-state index in [1.807, 2.05) is 0 Å². The quantitative estimate of drug-likeness (QED) is 0.291. The molecule has 0 radical (unpaired) electrons. The molecular formula is C9H6F4. The van der Waals surface area contributed by atoms with E-state index in [0.29, 0.717) is 6.07 Å². The zero-order chi connectivity index (χ0) is 10.0. The minimum Gasteiger partial charge on any atom is -0.204 e. The second kappa shape index (κ2) is 3.60. The van der Waals surface area contributed by atoms with Gasteiger partial charge in [-0.25, -0.2) is 17.6 Å². The van der Waals surface area contributed by atoms with Crippen molar-refractivity contribution in [3.05, 3.63) is 47.6 Å². The van der Waals surface area contributed by atoms with E-state index in [4.69, 9.17) is 0 Å². The Kier molecular flexibility index (Phi) is 2.70. The van der Waals surface area contributed by atoms with Gasteiger partial charge < -0.3 is 0 Å². The first kappa shape index (κ1) is 9.77. The summed E-state index contributed by atoms with van der Waals surface area (Å²) in [5.74, 6) is -6.32. The highest BCUT2D eigenvalue weighted by molar-refractivity contribution is 5.23. The molecule has 0 atom stereocenters. The van der Waals surface area contributed by atoms with E-state index in [1.54, 1.807) is 0 Å². The molecule has 1 aromatic rings. The Balaban J connectivity index is 3.31. The van der Waals surface area contributed by atoms with E-state index in [0.717, 1.165) is 0 Å². The van der Waals surface area contributed by atoms with E-state index in [9.17, 15) is 17.6 Å². The van der Waals surface area contributed by atoms with E-state index in [2.05, 4.69) is 6.58 Å². The average Bonchev–Trinajstić information content (AvgIpc) is 2.11. The lowest BCUT2D eigenvalue weighted by molar-refractivity contribution is 0.405. The fourth-order valence-corrected chi connectivity index (χ4v) is 0.926. The highest BCUT2D eigenvalue weighted by Crippen LogP contribution is 2.18. The Morgan fingerprint density at radius 2 is 1.69 bits per heavy atom. The number of allylic oxidation sites excluding steroid dienone is 1. The molecule has 70 valence electrons. The molecule has 0 unspecified atom stereocenters. The minimum atomic E-state index is -1.79. The van der Waals surface area contributed by atoms with Gasteiger partial charge in [-0.1, -0.05) is 6.08 Å².